The van der Waals surface area contributed by atoms with Gasteiger partial charge in [-0.05, 0) is 26.7 Å². The Morgan fingerprint density at radius 1 is 1.17 bits per heavy atom. The second kappa shape index (κ2) is 11.5. The lowest BCUT2D eigenvalue weighted by Gasteiger charge is -2.48. The number of aliphatic imine (C=N–C) groups is 1. The fraction of sp³-hybridized carbons (Fsp3) is 0.810. The van der Waals surface area contributed by atoms with Crippen molar-refractivity contribution in [1.82, 2.24) is 20.7 Å². The Balaban J connectivity index is 0.00000300. The number of aryl methyl sites for hydroxylation is 2. The van der Waals surface area contributed by atoms with Crippen molar-refractivity contribution in [3.8, 4) is 0 Å². The first-order valence-corrected chi connectivity index (χ1v) is 10.8. The van der Waals surface area contributed by atoms with E-state index >= 15 is 0 Å². The van der Waals surface area contributed by atoms with Crippen molar-refractivity contribution >= 4 is 29.9 Å². The Bertz CT molecular complexity index is 632. The van der Waals surface area contributed by atoms with Crippen molar-refractivity contribution in [1.29, 1.82) is 0 Å². The number of aromatic nitrogens is 1. The predicted molar refractivity (Wildman–Crippen MR) is 127 cm³/mol. The van der Waals surface area contributed by atoms with Crippen LogP contribution in [0.3, 0.4) is 0 Å². The fourth-order valence-corrected chi connectivity index (χ4v) is 4.87. The number of nitrogens with one attached hydrogen (secondary N) is 2. The molecule has 0 spiro atoms. The number of guanidine groups is 1. The topological polar surface area (TPSA) is 74.9 Å². The lowest BCUT2D eigenvalue weighted by atomic mass is 9.80. The zero-order valence-corrected chi connectivity index (χ0v) is 20.8. The van der Waals surface area contributed by atoms with Crippen LogP contribution in [0.25, 0.3) is 0 Å². The Kier molecular flexibility index (Phi) is 9.68. The summed E-state index contributed by atoms with van der Waals surface area (Å²) in [5.74, 6) is 2.09. The molecule has 2 heterocycles. The van der Waals surface area contributed by atoms with Gasteiger partial charge in [0.1, 0.15) is 5.76 Å². The molecular weight excluding hydrogens is 481 g/mol. The van der Waals surface area contributed by atoms with Crippen LogP contribution < -0.4 is 10.6 Å². The lowest BCUT2D eigenvalue weighted by molar-refractivity contribution is -0.0352. The van der Waals surface area contributed by atoms with E-state index in [0.717, 1.165) is 56.8 Å². The van der Waals surface area contributed by atoms with Gasteiger partial charge in [0, 0.05) is 50.2 Å². The highest BCUT2D eigenvalue weighted by Gasteiger charge is 2.38. The Morgan fingerprint density at radius 3 is 2.45 bits per heavy atom. The first-order chi connectivity index (χ1) is 13.6. The molecule has 7 nitrogen and oxygen atoms in total. The van der Waals surface area contributed by atoms with Gasteiger partial charge in [0.05, 0.1) is 18.9 Å². The zero-order chi connectivity index (χ0) is 20.0. The van der Waals surface area contributed by atoms with E-state index in [9.17, 15) is 0 Å². The summed E-state index contributed by atoms with van der Waals surface area (Å²) >= 11 is 0. The smallest absolute Gasteiger partial charge is 0.191 e. The van der Waals surface area contributed by atoms with Crippen LogP contribution in [0.4, 0.5) is 0 Å². The molecule has 166 valence electrons. The van der Waals surface area contributed by atoms with E-state index in [1.54, 1.807) is 0 Å². The number of ether oxygens (including phenoxy) is 1. The van der Waals surface area contributed by atoms with Crippen molar-refractivity contribution in [2.45, 2.75) is 64.3 Å². The first-order valence-electron chi connectivity index (χ1n) is 10.8. The van der Waals surface area contributed by atoms with Crippen molar-refractivity contribution in [2.24, 2.45) is 4.99 Å². The summed E-state index contributed by atoms with van der Waals surface area (Å²) in [6.45, 7) is 11.7. The zero-order valence-electron chi connectivity index (χ0n) is 18.4. The van der Waals surface area contributed by atoms with Gasteiger partial charge in [0.2, 0.25) is 0 Å². The molecule has 1 aromatic heterocycles. The van der Waals surface area contributed by atoms with E-state index in [2.05, 4.69) is 32.6 Å². The molecule has 8 heteroatoms. The highest BCUT2D eigenvalue weighted by Crippen LogP contribution is 2.33. The number of hydrogen-bond donors (Lipinski definition) is 2. The third kappa shape index (κ3) is 6.07. The van der Waals surface area contributed by atoms with E-state index in [4.69, 9.17) is 9.26 Å². The Hall–Kier alpha value is -0.870. The average Bonchev–Trinajstić information content (AvgIpc) is 3.07. The molecule has 29 heavy (non-hydrogen) atoms. The summed E-state index contributed by atoms with van der Waals surface area (Å²) < 4.78 is 10.9. The Labute approximate surface area is 192 Å². The average molecular weight is 519 g/mol. The molecular formula is C21H38IN5O2. The van der Waals surface area contributed by atoms with Crippen LogP contribution in [0.1, 0.15) is 62.0 Å². The first kappa shape index (κ1) is 24.4. The number of nitrogens with zero attached hydrogens (tertiary/aromatic N) is 3. The van der Waals surface area contributed by atoms with Crippen LogP contribution in [0.5, 0.6) is 0 Å². The maximum absolute atomic E-state index is 5.59. The SMILES string of the molecule is CN=C(NCC(C)c1c(C)noc1C)NCC1(N2CCOCC2)CCCCC1.I. The molecule has 0 aromatic carbocycles. The van der Waals surface area contributed by atoms with E-state index < -0.39 is 0 Å². The van der Waals surface area contributed by atoms with Crippen LogP contribution >= 0.6 is 24.0 Å². The molecule has 2 fully saturated rings. The van der Waals surface area contributed by atoms with Gasteiger partial charge in [-0.1, -0.05) is 31.3 Å². The molecule has 2 N–H and O–H groups in total. The quantitative estimate of drug-likeness (QED) is 0.342. The molecule has 0 radical (unpaired) electrons. The molecule has 1 saturated carbocycles. The fourth-order valence-electron chi connectivity index (χ4n) is 4.87. The molecule has 1 aliphatic heterocycles. The summed E-state index contributed by atoms with van der Waals surface area (Å²) in [5.41, 5.74) is 2.40. The molecule has 1 aliphatic carbocycles. The van der Waals surface area contributed by atoms with E-state index in [-0.39, 0.29) is 29.5 Å². The van der Waals surface area contributed by atoms with E-state index in [1.807, 2.05) is 20.9 Å². The van der Waals surface area contributed by atoms with Crippen molar-refractivity contribution in [2.75, 3.05) is 46.4 Å². The summed E-state index contributed by atoms with van der Waals surface area (Å²) in [5, 5.41) is 11.2. The molecule has 1 aromatic rings. The van der Waals surface area contributed by atoms with Gasteiger partial charge >= 0.3 is 0 Å². The van der Waals surface area contributed by atoms with Gasteiger partial charge in [0.25, 0.3) is 0 Å². The van der Waals surface area contributed by atoms with Crippen molar-refractivity contribution < 1.29 is 9.26 Å². The minimum Gasteiger partial charge on any atom is -0.379 e. The van der Waals surface area contributed by atoms with Gasteiger partial charge < -0.3 is 19.9 Å². The largest absolute Gasteiger partial charge is 0.379 e. The molecule has 1 atom stereocenters. The molecule has 2 aliphatic rings. The number of halogens is 1. The Morgan fingerprint density at radius 2 is 1.86 bits per heavy atom. The van der Waals surface area contributed by atoms with Crippen LogP contribution in [0.2, 0.25) is 0 Å². The maximum Gasteiger partial charge on any atom is 0.191 e. The van der Waals surface area contributed by atoms with Crippen LogP contribution in [-0.4, -0.2) is 68.0 Å². The molecule has 1 saturated heterocycles. The van der Waals surface area contributed by atoms with Crippen molar-refractivity contribution in [3.05, 3.63) is 17.0 Å². The van der Waals surface area contributed by atoms with Crippen LogP contribution in [-0.2, 0) is 4.74 Å². The normalized spacial score (nSPS) is 21.3. The van der Waals surface area contributed by atoms with Gasteiger partial charge in [-0.3, -0.25) is 9.89 Å². The van der Waals surface area contributed by atoms with E-state index in [0.29, 0.717) is 5.92 Å². The standard InChI is InChI=1S/C21H37N5O2.HI/c1-16(19-17(2)25-28-18(19)3)14-23-20(22-4)24-15-21(8-6-5-7-9-21)26-10-12-27-13-11-26;/h16H,5-15H2,1-4H3,(H2,22,23,24);1H. The maximum atomic E-state index is 5.59. The summed E-state index contributed by atoms with van der Waals surface area (Å²) in [7, 11) is 1.85. The summed E-state index contributed by atoms with van der Waals surface area (Å²) in [6, 6.07) is 0. The lowest BCUT2D eigenvalue weighted by Crippen LogP contribution is -2.60. The molecule has 0 amide bonds. The predicted octanol–water partition coefficient (Wildman–Crippen LogP) is 3.21. The highest BCUT2D eigenvalue weighted by atomic mass is 127. The van der Waals surface area contributed by atoms with Gasteiger partial charge in [0.15, 0.2) is 5.96 Å². The third-order valence-corrected chi connectivity index (χ3v) is 6.43. The highest BCUT2D eigenvalue weighted by molar-refractivity contribution is 14.0. The number of hydrogen-bond acceptors (Lipinski definition) is 5. The van der Waals surface area contributed by atoms with Gasteiger partial charge in [-0.15, -0.1) is 24.0 Å². The second-order valence-corrected chi connectivity index (χ2v) is 8.33. The number of morpholine rings is 1. The molecule has 0 bridgehead atoms. The van der Waals surface area contributed by atoms with Crippen LogP contribution in [0.15, 0.2) is 9.52 Å². The number of rotatable bonds is 6. The van der Waals surface area contributed by atoms with Gasteiger partial charge in [-0.2, -0.15) is 0 Å². The second-order valence-electron chi connectivity index (χ2n) is 8.33. The van der Waals surface area contributed by atoms with Crippen molar-refractivity contribution in [3.63, 3.8) is 0 Å². The van der Waals surface area contributed by atoms with Gasteiger partial charge in [-0.25, -0.2) is 0 Å². The third-order valence-electron chi connectivity index (χ3n) is 6.43. The summed E-state index contributed by atoms with van der Waals surface area (Å²) in [4.78, 5) is 7.11. The molecule has 3 rings (SSSR count). The summed E-state index contributed by atoms with van der Waals surface area (Å²) in [6.07, 6.45) is 6.50. The van der Waals surface area contributed by atoms with Crippen LogP contribution in [0, 0.1) is 13.8 Å². The minimum atomic E-state index is 0. The van der Waals surface area contributed by atoms with E-state index in [1.165, 1.54) is 37.7 Å². The molecule has 1 unspecified atom stereocenters. The monoisotopic (exact) mass is 519 g/mol. The minimum absolute atomic E-state index is 0.